The number of hydrogen-bond acceptors (Lipinski definition) is 5. The van der Waals surface area contributed by atoms with E-state index in [4.69, 9.17) is 4.42 Å². The minimum atomic E-state index is -0.474. The Labute approximate surface area is 171 Å². The van der Waals surface area contributed by atoms with Crippen molar-refractivity contribution in [2.75, 3.05) is 6.54 Å². The molecule has 0 atom stereocenters. The zero-order valence-corrected chi connectivity index (χ0v) is 15.9. The Morgan fingerprint density at radius 3 is 2.50 bits per heavy atom. The standard InChI is InChI=1S/C22H18N4O4/c27-22(23-13-12-16-5-2-1-3-6-16)20-15-19(21-7-4-14-30-21)24-25(20)17-8-10-18(11-9-17)26(28)29/h1-11,14-15H,12-13H2,(H,23,27). The van der Waals surface area contributed by atoms with Crippen molar-refractivity contribution in [3.05, 3.63) is 100 Å². The zero-order valence-electron chi connectivity index (χ0n) is 15.9. The molecule has 0 aliphatic carbocycles. The number of amides is 1. The Bertz CT molecular complexity index is 1150. The topological polar surface area (TPSA) is 103 Å². The van der Waals surface area contributed by atoms with Gasteiger partial charge in [0, 0.05) is 24.7 Å². The third kappa shape index (κ3) is 4.12. The molecule has 2 heterocycles. The summed E-state index contributed by atoms with van der Waals surface area (Å²) < 4.78 is 6.85. The van der Waals surface area contributed by atoms with Crippen LogP contribution in [0.25, 0.3) is 17.1 Å². The molecule has 0 saturated heterocycles. The summed E-state index contributed by atoms with van der Waals surface area (Å²) in [5.41, 5.74) is 2.42. The summed E-state index contributed by atoms with van der Waals surface area (Å²) in [6.07, 6.45) is 2.23. The maximum Gasteiger partial charge on any atom is 0.270 e. The average molecular weight is 402 g/mol. The number of nitro groups is 1. The molecule has 0 fully saturated rings. The molecule has 8 heteroatoms. The van der Waals surface area contributed by atoms with E-state index in [9.17, 15) is 14.9 Å². The first kappa shape index (κ1) is 19.1. The average Bonchev–Trinajstić information content (AvgIpc) is 3.44. The van der Waals surface area contributed by atoms with Gasteiger partial charge in [0.05, 0.1) is 16.9 Å². The van der Waals surface area contributed by atoms with E-state index in [0.29, 0.717) is 35.8 Å². The number of benzene rings is 2. The van der Waals surface area contributed by atoms with Crippen molar-refractivity contribution in [1.82, 2.24) is 15.1 Å². The van der Waals surface area contributed by atoms with E-state index in [-0.39, 0.29) is 11.6 Å². The summed E-state index contributed by atoms with van der Waals surface area (Å²) in [5, 5.41) is 18.3. The van der Waals surface area contributed by atoms with Crippen LogP contribution < -0.4 is 5.32 Å². The first-order valence-electron chi connectivity index (χ1n) is 9.33. The Hall–Kier alpha value is -4.20. The molecule has 0 spiro atoms. The molecule has 1 N–H and O–H groups in total. The molecule has 0 radical (unpaired) electrons. The molecule has 0 unspecified atom stereocenters. The van der Waals surface area contributed by atoms with Gasteiger partial charge in [0.2, 0.25) is 0 Å². The zero-order chi connectivity index (χ0) is 20.9. The van der Waals surface area contributed by atoms with Gasteiger partial charge in [0.15, 0.2) is 5.76 Å². The van der Waals surface area contributed by atoms with Gasteiger partial charge in [-0.05, 0) is 36.2 Å². The van der Waals surface area contributed by atoms with Gasteiger partial charge < -0.3 is 9.73 Å². The largest absolute Gasteiger partial charge is 0.463 e. The van der Waals surface area contributed by atoms with Gasteiger partial charge in [-0.15, -0.1) is 0 Å². The van der Waals surface area contributed by atoms with Gasteiger partial charge >= 0.3 is 0 Å². The van der Waals surface area contributed by atoms with Gasteiger partial charge in [-0.2, -0.15) is 5.10 Å². The molecule has 1 amide bonds. The fourth-order valence-corrected chi connectivity index (χ4v) is 3.06. The number of non-ortho nitro benzene ring substituents is 1. The second-order valence-electron chi connectivity index (χ2n) is 6.57. The number of nitro benzene ring substituents is 1. The van der Waals surface area contributed by atoms with Crippen LogP contribution in [0.3, 0.4) is 0 Å². The number of rotatable bonds is 7. The number of carbonyl (C=O) groups excluding carboxylic acids is 1. The predicted molar refractivity (Wildman–Crippen MR) is 110 cm³/mol. The molecule has 150 valence electrons. The van der Waals surface area contributed by atoms with Crippen molar-refractivity contribution < 1.29 is 14.1 Å². The summed E-state index contributed by atoms with van der Waals surface area (Å²) >= 11 is 0. The lowest BCUT2D eigenvalue weighted by Crippen LogP contribution is -2.27. The van der Waals surface area contributed by atoms with Crippen molar-refractivity contribution >= 4 is 11.6 Å². The van der Waals surface area contributed by atoms with Crippen LogP contribution in [0, 0.1) is 10.1 Å². The van der Waals surface area contributed by atoms with Crippen LogP contribution >= 0.6 is 0 Å². The van der Waals surface area contributed by atoms with E-state index in [2.05, 4.69) is 10.4 Å². The summed E-state index contributed by atoms with van der Waals surface area (Å²) in [7, 11) is 0. The molecule has 0 bridgehead atoms. The number of aromatic nitrogens is 2. The van der Waals surface area contributed by atoms with Crippen molar-refractivity contribution in [3.63, 3.8) is 0 Å². The molecule has 2 aromatic heterocycles. The van der Waals surface area contributed by atoms with E-state index >= 15 is 0 Å². The fourth-order valence-electron chi connectivity index (χ4n) is 3.06. The van der Waals surface area contributed by atoms with Crippen LogP contribution in [-0.4, -0.2) is 27.2 Å². The summed E-state index contributed by atoms with van der Waals surface area (Å²) in [4.78, 5) is 23.3. The van der Waals surface area contributed by atoms with Crippen LogP contribution in [0.2, 0.25) is 0 Å². The highest BCUT2D eigenvalue weighted by molar-refractivity contribution is 5.94. The van der Waals surface area contributed by atoms with Crippen molar-refractivity contribution in [2.24, 2.45) is 0 Å². The first-order valence-corrected chi connectivity index (χ1v) is 9.33. The number of hydrogen-bond donors (Lipinski definition) is 1. The number of nitrogens with one attached hydrogen (secondary N) is 1. The van der Waals surface area contributed by atoms with Crippen LogP contribution in [-0.2, 0) is 6.42 Å². The minimum Gasteiger partial charge on any atom is -0.463 e. The molecule has 30 heavy (non-hydrogen) atoms. The number of furan rings is 1. The van der Waals surface area contributed by atoms with E-state index < -0.39 is 4.92 Å². The maximum absolute atomic E-state index is 12.9. The predicted octanol–water partition coefficient (Wildman–Crippen LogP) is 4.01. The molecule has 8 nitrogen and oxygen atoms in total. The molecular weight excluding hydrogens is 384 g/mol. The fraction of sp³-hybridized carbons (Fsp3) is 0.0909. The van der Waals surface area contributed by atoms with Crippen molar-refractivity contribution in [2.45, 2.75) is 6.42 Å². The summed E-state index contributed by atoms with van der Waals surface area (Å²) in [5.74, 6) is 0.226. The lowest BCUT2D eigenvalue weighted by Gasteiger charge is -2.08. The van der Waals surface area contributed by atoms with Crippen molar-refractivity contribution in [3.8, 4) is 17.1 Å². The monoisotopic (exact) mass is 402 g/mol. The van der Waals surface area contributed by atoms with Gasteiger partial charge in [-0.25, -0.2) is 4.68 Å². The molecule has 2 aromatic carbocycles. The van der Waals surface area contributed by atoms with Crippen LogP contribution in [0.1, 0.15) is 16.1 Å². The minimum absolute atomic E-state index is 0.0361. The molecule has 4 aromatic rings. The Kier molecular flexibility index (Phi) is 5.38. The Morgan fingerprint density at radius 1 is 1.07 bits per heavy atom. The van der Waals surface area contributed by atoms with E-state index in [1.807, 2.05) is 30.3 Å². The Morgan fingerprint density at radius 2 is 1.83 bits per heavy atom. The molecular formula is C22H18N4O4. The van der Waals surface area contributed by atoms with Gasteiger partial charge in [-0.1, -0.05) is 30.3 Å². The second-order valence-corrected chi connectivity index (χ2v) is 6.57. The summed E-state index contributed by atoms with van der Waals surface area (Å²) in [6, 6.07) is 20.8. The quantitative estimate of drug-likeness (QED) is 0.372. The maximum atomic E-state index is 12.9. The molecule has 4 rings (SSSR count). The Balaban J connectivity index is 1.60. The SMILES string of the molecule is O=C(NCCc1ccccc1)c1cc(-c2ccco2)nn1-c1ccc([N+](=O)[O-])cc1. The third-order valence-corrected chi connectivity index (χ3v) is 4.56. The van der Waals surface area contributed by atoms with Crippen LogP contribution in [0.4, 0.5) is 5.69 Å². The molecule has 0 saturated carbocycles. The smallest absolute Gasteiger partial charge is 0.270 e. The lowest BCUT2D eigenvalue weighted by molar-refractivity contribution is -0.384. The summed E-state index contributed by atoms with van der Waals surface area (Å²) in [6.45, 7) is 0.463. The van der Waals surface area contributed by atoms with Gasteiger partial charge in [-0.3, -0.25) is 14.9 Å². The van der Waals surface area contributed by atoms with E-state index in [1.54, 1.807) is 30.3 Å². The molecule has 0 aliphatic rings. The van der Waals surface area contributed by atoms with Crippen molar-refractivity contribution in [1.29, 1.82) is 0 Å². The highest BCUT2D eigenvalue weighted by atomic mass is 16.6. The van der Waals surface area contributed by atoms with Crippen LogP contribution in [0.15, 0.2) is 83.5 Å². The van der Waals surface area contributed by atoms with Gasteiger partial charge in [0.1, 0.15) is 11.4 Å². The first-order chi connectivity index (χ1) is 14.6. The van der Waals surface area contributed by atoms with E-state index in [0.717, 1.165) is 5.56 Å². The normalized spacial score (nSPS) is 10.7. The lowest BCUT2D eigenvalue weighted by atomic mass is 10.1. The number of carbonyl (C=O) groups is 1. The highest BCUT2D eigenvalue weighted by Gasteiger charge is 2.19. The van der Waals surface area contributed by atoms with Gasteiger partial charge in [0.25, 0.3) is 11.6 Å². The highest BCUT2D eigenvalue weighted by Crippen LogP contribution is 2.23. The third-order valence-electron chi connectivity index (χ3n) is 4.56. The number of nitrogens with zero attached hydrogens (tertiary/aromatic N) is 3. The molecule has 0 aliphatic heterocycles. The van der Waals surface area contributed by atoms with Crippen LogP contribution in [0.5, 0.6) is 0 Å². The van der Waals surface area contributed by atoms with E-state index in [1.165, 1.54) is 23.1 Å². The second kappa shape index (κ2) is 8.44.